The van der Waals surface area contributed by atoms with Crippen molar-refractivity contribution in [3.05, 3.63) is 30.3 Å². The van der Waals surface area contributed by atoms with Gasteiger partial charge in [-0.3, -0.25) is 4.79 Å². The van der Waals surface area contributed by atoms with Crippen molar-refractivity contribution >= 4 is 5.91 Å². The zero-order valence-electron chi connectivity index (χ0n) is 14.3. The molecule has 134 valence electrons. The number of ether oxygens (including phenoxy) is 2. The molecule has 1 aromatic heterocycles. The second kappa shape index (κ2) is 8.02. The molecule has 1 atom stereocenters. The van der Waals surface area contributed by atoms with E-state index in [0.717, 1.165) is 19.3 Å². The minimum Gasteiger partial charge on any atom is -0.486 e. The maximum atomic E-state index is 12.6. The number of hydrogen-bond acceptors (Lipinski definition) is 6. The number of fused-ring (bicyclic) bond motifs is 1. The maximum absolute atomic E-state index is 12.6. The van der Waals surface area contributed by atoms with Gasteiger partial charge < -0.3 is 24.9 Å². The van der Waals surface area contributed by atoms with Crippen LogP contribution in [-0.2, 0) is 0 Å². The molecule has 0 saturated carbocycles. The van der Waals surface area contributed by atoms with Gasteiger partial charge in [0.25, 0.3) is 5.91 Å². The molecule has 7 nitrogen and oxygen atoms in total. The fourth-order valence-electron chi connectivity index (χ4n) is 2.75. The van der Waals surface area contributed by atoms with Crippen LogP contribution in [0.3, 0.4) is 0 Å². The van der Waals surface area contributed by atoms with Crippen LogP contribution in [0.1, 0.15) is 36.7 Å². The molecular weight excluding hydrogens is 322 g/mol. The topological polar surface area (TPSA) is 99.6 Å². The Morgan fingerprint density at radius 1 is 1.32 bits per heavy atom. The highest BCUT2D eigenvalue weighted by Crippen LogP contribution is 2.35. The first-order chi connectivity index (χ1) is 12.2. The smallest absolute Gasteiger partial charge is 0.274 e. The Hall–Kier alpha value is -2.54. The zero-order valence-corrected chi connectivity index (χ0v) is 14.3. The van der Waals surface area contributed by atoms with Crippen LogP contribution in [-0.4, -0.2) is 36.7 Å². The zero-order chi connectivity index (χ0) is 17.6. The molecule has 3 N–H and O–H groups in total. The summed E-state index contributed by atoms with van der Waals surface area (Å²) in [5, 5.41) is 2.93. The number of nitrogens with two attached hydrogens (primary N) is 1. The third-order valence-corrected chi connectivity index (χ3v) is 4.11. The van der Waals surface area contributed by atoms with Crippen LogP contribution in [0.4, 0.5) is 0 Å². The summed E-state index contributed by atoms with van der Waals surface area (Å²) in [7, 11) is 0. The van der Waals surface area contributed by atoms with E-state index in [0.29, 0.717) is 42.6 Å². The van der Waals surface area contributed by atoms with Gasteiger partial charge in [-0.2, -0.15) is 0 Å². The van der Waals surface area contributed by atoms with Gasteiger partial charge in [-0.1, -0.05) is 19.8 Å². The van der Waals surface area contributed by atoms with Gasteiger partial charge in [0.1, 0.15) is 13.2 Å². The van der Waals surface area contributed by atoms with E-state index in [4.69, 9.17) is 19.6 Å². The number of rotatable bonds is 7. The minimum absolute atomic E-state index is 0.0720. The number of amides is 1. The number of nitrogens with one attached hydrogen (secondary N) is 1. The summed E-state index contributed by atoms with van der Waals surface area (Å²) >= 11 is 0. The van der Waals surface area contributed by atoms with Gasteiger partial charge in [-0.25, -0.2) is 4.98 Å². The molecule has 1 aliphatic rings. The van der Waals surface area contributed by atoms with Crippen molar-refractivity contribution in [3.63, 3.8) is 0 Å². The van der Waals surface area contributed by atoms with Crippen LogP contribution in [0.25, 0.3) is 11.3 Å². The second-order valence-corrected chi connectivity index (χ2v) is 5.94. The van der Waals surface area contributed by atoms with Gasteiger partial charge in [-0.05, 0) is 24.6 Å². The van der Waals surface area contributed by atoms with Crippen molar-refractivity contribution in [2.75, 3.05) is 19.8 Å². The quantitative estimate of drug-likeness (QED) is 0.799. The lowest BCUT2D eigenvalue weighted by Gasteiger charge is -2.18. The highest BCUT2D eigenvalue weighted by atomic mass is 16.6. The van der Waals surface area contributed by atoms with E-state index >= 15 is 0 Å². The molecule has 1 unspecified atom stereocenters. The SMILES string of the molecule is CCCCC(CN)NC(=O)c1ncoc1-c1ccc2c(c1)OCCO2. The van der Waals surface area contributed by atoms with E-state index in [9.17, 15) is 4.79 Å². The molecular formula is C18H23N3O4. The first-order valence-corrected chi connectivity index (χ1v) is 8.57. The summed E-state index contributed by atoms with van der Waals surface area (Å²) in [6.45, 7) is 3.52. The van der Waals surface area contributed by atoms with Crippen LogP contribution >= 0.6 is 0 Å². The number of hydrogen-bond donors (Lipinski definition) is 2. The second-order valence-electron chi connectivity index (χ2n) is 5.94. The third-order valence-electron chi connectivity index (χ3n) is 4.11. The van der Waals surface area contributed by atoms with Crippen molar-refractivity contribution in [2.24, 2.45) is 5.73 Å². The van der Waals surface area contributed by atoms with Crippen LogP contribution < -0.4 is 20.5 Å². The molecule has 25 heavy (non-hydrogen) atoms. The van der Waals surface area contributed by atoms with Crippen molar-refractivity contribution < 1.29 is 18.7 Å². The predicted molar refractivity (Wildman–Crippen MR) is 92.8 cm³/mol. The van der Waals surface area contributed by atoms with Crippen LogP contribution in [0, 0.1) is 0 Å². The molecule has 0 saturated heterocycles. The number of unbranched alkanes of at least 4 members (excludes halogenated alkanes) is 1. The van der Waals surface area contributed by atoms with Gasteiger partial charge in [0.05, 0.1) is 0 Å². The summed E-state index contributed by atoms with van der Waals surface area (Å²) in [5.74, 6) is 1.43. The molecule has 3 rings (SSSR count). The van der Waals surface area contributed by atoms with E-state index in [1.807, 2.05) is 6.07 Å². The molecule has 0 spiro atoms. The summed E-state index contributed by atoms with van der Waals surface area (Å²) in [4.78, 5) is 16.7. The van der Waals surface area contributed by atoms with Gasteiger partial charge >= 0.3 is 0 Å². The standard InChI is InChI=1S/C18H23N3O4/c1-2-3-4-13(10-19)21-18(22)16-17(25-11-20-16)12-5-6-14-15(9-12)24-8-7-23-14/h5-6,9,11,13H,2-4,7-8,10,19H2,1H3,(H,21,22). The highest BCUT2D eigenvalue weighted by Gasteiger charge is 2.22. The molecule has 0 bridgehead atoms. The molecule has 2 aromatic rings. The Balaban J connectivity index is 1.79. The predicted octanol–water partition coefficient (Wildman–Crippen LogP) is 2.36. The molecule has 0 radical (unpaired) electrons. The van der Waals surface area contributed by atoms with Gasteiger partial charge in [0.15, 0.2) is 29.3 Å². The number of carbonyl (C=O) groups is 1. The van der Waals surface area contributed by atoms with E-state index in [-0.39, 0.29) is 17.6 Å². The molecule has 0 aliphatic carbocycles. The van der Waals surface area contributed by atoms with Crippen molar-refractivity contribution in [1.29, 1.82) is 0 Å². The summed E-state index contributed by atoms with van der Waals surface area (Å²) in [5.41, 5.74) is 6.71. The lowest BCUT2D eigenvalue weighted by molar-refractivity contribution is 0.0931. The third kappa shape index (κ3) is 3.93. The minimum atomic E-state index is -0.287. The summed E-state index contributed by atoms with van der Waals surface area (Å²) < 4.78 is 16.6. The largest absolute Gasteiger partial charge is 0.486 e. The Morgan fingerprint density at radius 3 is 2.88 bits per heavy atom. The van der Waals surface area contributed by atoms with E-state index < -0.39 is 0 Å². The summed E-state index contributed by atoms with van der Waals surface area (Å²) in [6, 6.07) is 5.35. The Labute approximate surface area is 146 Å². The van der Waals surface area contributed by atoms with Crippen LogP contribution in [0.5, 0.6) is 11.5 Å². The van der Waals surface area contributed by atoms with Crippen molar-refractivity contribution in [2.45, 2.75) is 32.2 Å². The number of oxazole rings is 1. The fourth-order valence-corrected chi connectivity index (χ4v) is 2.75. The monoisotopic (exact) mass is 345 g/mol. The van der Waals surface area contributed by atoms with Crippen LogP contribution in [0.15, 0.2) is 29.0 Å². The molecule has 7 heteroatoms. The molecule has 1 aliphatic heterocycles. The van der Waals surface area contributed by atoms with Crippen molar-refractivity contribution in [3.8, 4) is 22.8 Å². The molecule has 2 heterocycles. The number of benzene rings is 1. The average molecular weight is 345 g/mol. The molecule has 1 amide bonds. The maximum Gasteiger partial charge on any atom is 0.274 e. The lowest BCUT2D eigenvalue weighted by atomic mass is 10.1. The first kappa shape index (κ1) is 17.3. The van der Waals surface area contributed by atoms with E-state index in [2.05, 4.69) is 17.2 Å². The van der Waals surface area contributed by atoms with Gasteiger partial charge in [0, 0.05) is 18.2 Å². The number of carbonyl (C=O) groups excluding carboxylic acids is 1. The summed E-state index contributed by atoms with van der Waals surface area (Å²) in [6.07, 6.45) is 4.18. The average Bonchev–Trinajstić information content (AvgIpc) is 3.14. The molecule has 0 fully saturated rings. The van der Waals surface area contributed by atoms with E-state index in [1.165, 1.54) is 6.39 Å². The Bertz CT molecular complexity index is 729. The lowest BCUT2D eigenvalue weighted by Crippen LogP contribution is -2.40. The van der Waals surface area contributed by atoms with Gasteiger partial charge in [-0.15, -0.1) is 0 Å². The number of aromatic nitrogens is 1. The first-order valence-electron chi connectivity index (χ1n) is 8.57. The van der Waals surface area contributed by atoms with Gasteiger partial charge in [0.2, 0.25) is 0 Å². The number of nitrogens with zero attached hydrogens (tertiary/aromatic N) is 1. The fraction of sp³-hybridized carbons (Fsp3) is 0.444. The Kier molecular flexibility index (Phi) is 5.55. The van der Waals surface area contributed by atoms with Crippen LogP contribution in [0.2, 0.25) is 0 Å². The van der Waals surface area contributed by atoms with E-state index in [1.54, 1.807) is 12.1 Å². The normalized spacial score (nSPS) is 14.2. The Morgan fingerprint density at radius 2 is 2.12 bits per heavy atom. The highest BCUT2D eigenvalue weighted by molar-refractivity contribution is 5.97. The van der Waals surface area contributed by atoms with Crippen molar-refractivity contribution in [1.82, 2.24) is 10.3 Å². The molecule has 1 aromatic carbocycles.